The highest BCUT2D eigenvalue weighted by molar-refractivity contribution is 5.72. The molecule has 33 heavy (non-hydrogen) atoms. The Morgan fingerprint density at radius 1 is 1.00 bits per heavy atom. The Morgan fingerprint density at radius 3 is 2.33 bits per heavy atom. The summed E-state index contributed by atoms with van der Waals surface area (Å²) in [7, 11) is 0. The average molecular weight is 460 g/mol. The number of nitrogens with zero attached hydrogens (tertiary/aromatic N) is 4. The molecule has 11 heteroatoms. The van der Waals surface area contributed by atoms with Gasteiger partial charge in [-0.3, -0.25) is 9.36 Å². The lowest BCUT2D eigenvalue weighted by Gasteiger charge is -2.13. The summed E-state index contributed by atoms with van der Waals surface area (Å²) in [6.45, 7) is 2.13. The topological polar surface area (TPSA) is 80.3 Å². The van der Waals surface area contributed by atoms with Crippen molar-refractivity contribution >= 4 is 11.2 Å². The van der Waals surface area contributed by atoms with E-state index in [-0.39, 0.29) is 24.4 Å². The molecular weight excluding hydrogens is 441 g/mol. The Kier molecular flexibility index (Phi) is 6.05. The van der Waals surface area contributed by atoms with Crippen LogP contribution in [-0.4, -0.2) is 31.7 Å². The van der Waals surface area contributed by atoms with Gasteiger partial charge in [-0.15, -0.1) is 13.2 Å². The number of alkyl halides is 3. The zero-order valence-corrected chi connectivity index (χ0v) is 17.5. The van der Waals surface area contributed by atoms with Crippen molar-refractivity contribution in [1.29, 1.82) is 0 Å². The third-order valence-corrected chi connectivity index (χ3v) is 4.85. The van der Waals surface area contributed by atoms with Crippen LogP contribution < -0.4 is 16.0 Å². The van der Waals surface area contributed by atoms with Crippen LogP contribution in [0.2, 0.25) is 0 Å². The van der Waals surface area contributed by atoms with Crippen molar-refractivity contribution in [2.24, 2.45) is 0 Å². The Labute approximate surface area is 185 Å². The van der Waals surface area contributed by atoms with Crippen LogP contribution in [0.1, 0.15) is 12.5 Å². The van der Waals surface area contributed by atoms with E-state index in [4.69, 9.17) is 4.74 Å². The average Bonchev–Trinajstić information content (AvgIpc) is 3.20. The van der Waals surface area contributed by atoms with Gasteiger partial charge in [-0.05, 0) is 36.8 Å². The highest BCUT2D eigenvalue weighted by Gasteiger charge is 2.31. The Morgan fingerprint density at radius 2 is 1.70 bits per heavy atom. The van der Waals surface area contributed by atoms with Gasteiger partial charge in [0.1, 0.15) is 12.5 Å². The van der Waals surface area contributed by atoms with Gasteiger partial charge in [-0.25, -0.2) is 14.3 Å². The molecule has 8 nitrogen and oxygen atoms in total. The third kappa shape index (κ3) is 4.67. The lowest BCUT2D eigenvalue weighted by molar-refractivity contribution is -0.274. The molecule has 4 aromatic rings. The summed E-state index contributed by atoms with van der Waals surface area (Å²) < 4.78 is 50.4. The molecule has 172 valence electrons. The van der Waals surface area contributed by atoms with Gasteiger partial charge in [0.15, 0.2) is 11.2 Å². The summed E-state index contributed by atoms with van der Waals surface area (Å²) in [5, 5.41) is 0. The zero-order valence-electron chi connectivity index (χ0n) is 17.5. The first-order chi connectivity index (χ1) is 15.8. The summed E-state index contributed by atoms with van der Waals surface area (Å²) in [4.78, 5) is 30.9. The zero-order chi connectivity index (χ0) is 23.6. The largest absolute Gasteiger partial charge is 0.573 e. The van der Waals surface area contributed by atoms with E-state index < -0.39 is 23.4 Å². The standard InChI is InChI=1S/C22H19F3N4O4/c1-2-32-14-27-13-26-19-18(27)20(30)28(21(31)29(19)16-6-4-3-5-7-16)12-15-8-10-17(11-9-15)33-22(23,24)25/h3-11,13H,2,12,14H2,1H3. The van der Waals surface area contributed by atoms with Crippen LogP contribution >= 0.6 is 0 Å². The summed E-state index contributed by atoms with van der Waals surface area (Å²) in [5.41, 5.74) is 0.0892. The van der Waals surface area contributed by atoms with E-state index in [0.717, 1.165) is 16.7 Å². The highest BCUT2D eigenvalue weighted by Crippen LogP contribution is 2.23. The van der Waals surface area contributed by atoms with Gasteiger partial charge in [-0.1, -0.05) is 30.3 Å². The minimum atomic E-state index is -4.81. The lowest BCUT2D eigenvalue weighted by atomic mass is 10.2. The van der Waals surface area contributed by atoms with Crippen LogP contribution in [0.5, 0.6) is 5.75 Å². The van der Waals surface area contributed by atoms with E-state index in [1.54, 1.807) is 30.3 Å². The van der Waals surface area contributed by atoms with E-state index in [2.05, 4.69) is 9.72 Å². The molecular formula is C22H19F3N4O4. The molecule has 0 fully saturated rings. The number of halogens is 3. The highest BCUT2D eigenvalue weighted by atomic mass is 19.4. The molecule has 0 saturated carbocycles. The molecule has 2 heterocycles. The van der Waals surface area contributed by atoms with Crippen molar-refractivity contribution in [2.75, 3.05) is 6.61 Å². The molecule has 4 rings (SSSR count). The summed E-state index contributed by atoms with van der Waals surface area (Å²) in [5.74, 6) is -0.398. The van der Waals surface area contributed by atoms with Gasteiger partial charge in [-0.2, -0.15) is 0 Å². The van der Waals surface area contributed by atoms with Crippen LogP contribution in [0.15, 0.2) is 70.5 Å². The van der Waals surface area contributed by atoms with Gasteiger partial charge in [0.2, 0.25) is 0 Å². The molecule has 0 spiro atoms. The number of fused-ring (bicyclic) bond motifs is 1. The monoisotopic (exact) mass is 460 g/mol. The van der Waals surface area contributed by atoms with Crippen molar-refractivity contribution in [2.45, 2.75) is 26.6 Å². The molecule has 0 atom stereocenters. The second-order valence-electron chi connectivity index (χ2n) is 7.05. The second kappa shape index (κ2) is 8.94. The molecule has 2 aromatic carbocycles. The van der Waals surface area contributed by atoms with Gasteiger partial charge in [0.05, 0.1) is 18.6 Å². The molecule has 0 aliphatic carbocycles. The van der Waals surface area contributed by atoms with E-state index in [1.165, 1.54) is 27.6 Å². The minimum Gasteiger partial charge on any atom is -0.406 e. The van der Waals surface area contributed by atoms with Crippen molar-refractivity contribution in [1.82, 2.24) is 18.7 Å². The van der Waals surface area contributed by atoms with E-state index in [0.29, 0.717) is 17.9 Å². The van der Waals surface area contributed by atoms with Crippen LogP contribution in [0.4, 0.5) is 13.2 Å². The maximum atomic E-state index is 13.4. The van der Waals surface area contributed by atoms with Gasteiger partial charge in [0.25, 0.3) is 5.56 Å². The predicted octanol–water partition coefficient (Wildman–Crippen LogP) is 3.29. The molecule has 0 bridgehead atoms. The van der Waals surface area contributed by atoms with Crippen LogP contribution in [0, 0.1) is 0 Å². The quantitative estimate of drug-likeness (QED) is 0.423. The van der Waals surface area contributed by atoms with Crippen LogP contribution in [-0.2, 0) is 18.0 Å². The number of aromatic nitrogens is 4. The summed E-state index contributed by atoms with van der Waals surface area (Å²) in [6.07, 6.45) is -3.39. The number of rotatable bonds is 7. The van der Waals surface area contributed by atoms with Crippen LogP contribution in [0.25, 0.3) is 16.9 Å². The maximum Gasteiger partial charge on any atom is 0.573 e. The maximum absolute atomic E-state index is 13.4. The first-order valence-corrected chi connectivity index (χ1v) is 9.97. The summed E-state index contributed by atoms with van der Waals surface area (Å²) in [6, 6.07) is 13.7. The molecule has 2 aromatic heterocycles. The molecule has 0 N–H and O–H groups in total. The normalized spacial score (nSPS) is 11.8. The Hall–Kier alpha value is -3.86. The van der Waals surface area contributed by atoms with Crippen molar-refractivity contribution in [3.8, 4) is 11.4 Å². The molecule has 0 saturated heterocycles. The van der Waals surface area contributed by atoms with E-state index in [9.17, 15) is 22.8 Å². The fourth-order valence-corrected chi connectivity index (χ4v) is 3.40. The van der Waals surface area contributed by atoms with E-state index in [1.807, 2.05) is 6.92 Å². The van der Waals surface area contributed by atoms with Gasteiger partial charge in [0, 0.05) is 6.61 Å². The number of hydrogen-bond donors (Lipinski definition) is 0. The first-order valence-electron chi connectivity index (χ1n) is 9.97. The smallest absolute Gasteiger partial charge is 0.406 e. The van der Waals surface area contributed by atoms with Crippen molar-refractivity contribution in [3.05, 3.63) is 87.3 Å². The minimum absolute atomic E-state index is 0.0682. The first kappa shape index (κ1) is 22.3. The number of hydrogen-bond acceptors (Lipinski definition) is 5. The van der Waals surface area contributed by atoms with Crippen LogP contribution in [0.3, 0.4) is 0 Å². The van der Waals surface area contributed by atoms with Crippen molar-refractivity contribution < 1.29 is 22.6 Å². The number of para-hydroxylation sites is 1. The SMILES string of the molecule is CCOCn1cnc2c1c(=O)n(Cc1ccc(OC(F)(F)F)cc1)c(=O)n2-c1ccccc1. The number of imidazole rings is 1. The molecule has 0 amide bonds. The van der Waals surface area contributed by atoms with E-state index >= 15 is 0 Å². The number of benzene rings is 2. The van der Waals surface area contributed by atoms with Gasteiger partial charge >= 0.3 is 12.1 Å². The fourth-order valence-electron chi connectivity index (χ4n) is 3.40. The lowest BCUT2D eigenvalue weighted by Crippen LogP contribution is -2.40. The molecule has 0 radical (unpaired) electrons. The Balaban J connectivity index is 1.84. The van der Waals surface area contributed by atoms with Crippen molar-refractivity contribution in [3.63, 3.8) is 0 Å². The Bertz CT molecular complexity index is 1370. The molecule has 0 aliphatic heterocycles. The number of ether oxygens (including phenoxy) is 2. The van der Waals surface area contributed by atoms with Gasteiger partial charge < -0.3 is 14.0 Å². The molecule has 0 unspecified atom stereocenters. The third-order valence-electron chi connectivity index (χ3n) is 4.85. The predicted molar refractivity (Wildman–Crippen MR) is 113 cm³/mol. The summed E-state index contributed by atoms with van der Waals surface area (Å²) >= 11 is 0. The molecule has 0 aliphatic rings. The second-order valence-corrected chi connectivity index (χ2v) is 7.05. The fraction of sp³-hybridized carbons (Fsp3) is 0.227.